The van der Waals surface area contributed by atoms with Crippen LogP contribution in [-0.4, -0.2) is 25.3 Å². The van der Waals surface area contributed by atoms with Crippen LogP contribution in [0.1, 0.15) is 38.4 Å². The smallest absolute Gasteiger partial charge is 0.126 e. The molecular weight excluding hydrogens is 226 g/mol. The largest absolute Gasteiger partial charge is 0.496 e. The second-order valence-corrected chi connectivity index (χ2v) is 5.08. The lowest BCUT2D eigenvalue weighted by atomic mass is 10.1. The predicted molar refractivity (Wildman–Crippen MR) is 74.2 cm³/mol. The molecule has 0 aliphatic carbocycles. The van der Waals surface area contributed by atoms with Gasteiger partial charge in [0.15, 0.2) is 0 Å². The molecule has 1 aromatic rings. The molecular formula is C15H23NO2. The van der Waals surface area contributed by atoms with Crippen molar-refractivity contribution in [3.63, 3.8) is 0 Å². The molecule has 0 aromatic heterocycles. The highest BCUT2D eigenvalue weighted by Gasteiger charge is 2.25. The van der Waals surface area contributed by atoms with Crippen LogP contribution in [0.3, 0.4) is 0 Å². The van der Waals surface area contributed by atoms with Crippen molar-refractivity contribution in [3.8, 4) is 5.75 Å². The third-order valence-corrected chi connectivity index (χ3v) is 3.88. The number of methoxy groups -OCH3 is 1. The molecule has 0 saturated carbocycles. The van der Waals surface area contributed by atoms with E-state index < -0.39 is 6.10 Å². The Balaban J connectivity index is 2.32. The van der Waals surface area contributed by atoms with E-state index >= 15 is 0 Å². The van der Waals surface area contributed by atoms with Crippen LogP contribution in [-0.2, 0) is 0 Å². The summed E-state index contributed by atoms with van der Waals surface area (Å²) < 4.78 is 5.37. The van der Waals surface area contributed by atoms with Crippen LogP contribution >= 0.6 is 0 Å². The minimum atomic E-state index is -0.503. The van der Waals surface area contributed by atoms with E-state index in [0.717, 1.165) is 36.0 Å². The minimum absolute atomic E-state index is 0.503. The number of rotatable bonds is 4. The molecule has 100 valence electrons. The molecule has 0 bridgehead atoms. The lowest BCUT2D eigenvalue weighted by Crippen LogP contribution is -2.21. The first-order valence-electron chi connectivity index (χ1n) is 6.77. The Morgan fingerprint density at radius 2 is 2.28 bits per heavy atom. The molecule has 1 aliphatic heterocycles. The predicted octanol–water partition coefficient (Wildman–Crippen LogP) is 2.98. The van der Waals surface area contributed by atoms with E-state index in [0.29, 0.717) is 0 Å². The normalized spacial score (nSPS) is 21.1. The van der Waals surface area contributed by atoms with Gasteiger partial charge in [-0.1, -0.05) is 19.4 Å². The summed E-state index contributed by atoms with van der Waals surface area (Å²) in [5.41, 5.74) is 2.04. The Bertz CT molecular complexity index is 403. The minimum Gasteiger partial charge on any atom is -0.496 e. The second kappa shape index (κ2) is 5.61. The number of nitrogens with zero attached hydrogens (tertiary/aromatic N) is 1. The van der Waals surface area contributed by atoms with Gasteiger partial charge in [0.2, 0.25) is 0 Å². The van der Waals surface area contributed by atoms with Crippen molar-refractivity contribution in [1.82, 2.24) is 0 Å². The van der Waals surface area contributed by atoms with Gasteiger partial charge in [-0.3, -0.25) is 0 Å². The third kappa shape index (κ3) is 2.46. The van der Waals surface area contributed by atoms with E-state index in [9.17, 15) is 5.11 Å². The first-order chi connectivity index (χ1) is 8.67. The van der Waals surface area contributed by atoms with Gasteiger partial charge in [-0.2, -0.15) is 0 Å². The quantitative estimate of drug-likeness (QED) is 0.890. The highest BCUT2D eigenvalue weighted by atomic mass is 16.5. The number of ether oxygens (including phenoxy) is 1. The van der Waals surface area contributed by atoms with Crippen LogP contribution in [0.25, 0.3) is 0 Å². The maximum absolute atomic E-state index is 9.99. The average molecular weight is 249 g/mol. The maximum Gasteiger partial charge on any atom is 0.126 e. The Morgan fingerprint density at radius 3 is 2.83 bits per heavy atom. The highest BCUT2D eigenvalue weighted by Crippen LogP contribution is 2.37. The number of aliphatic hydroxyl groups is 1. The summed E-state index contributed by atoms with van der Waals surface area (Å²) in [5.74, 6) is 1.56. The van der Waals surface area contributed by atoms with Gasteiger partial charge in [0.25, 0.3) is 0 Å². The van der Waals surface area contributed by atoms with Crippen molar-refractivity contribution in [2.45, 2.75) is 32.8 Å². The lowest BCUT2D eigenvalue weighted by Gasteiger charge is -2.24. The van der Waals surface area contributed by atoms with Crippen molar-refractivity contribution in [3.05, 3.63) is 23.8 Å². The topological polar surface area (TPSA) is 32.7 Å². The molecule has 18 heavy (non-hydrogen) atoms. The zero-order valence-electron chi connectivity index (χ0n) is 11.5. The van der Waals surface area contributed by atoms with Gasteiger partial charge in [0.1, 0.15) is 5.75 Å². The van der Waals surface area contributed by atoms with Crippen LogP contribution in [0, 0.1) is 5.92 Å². The molecule has 0 spiro atoms. The fourth-order valence-electron chi connectivity index (χ4n) is 2.79. The standard InChI is InChI=1S/C15H23NO2/c1-4-12-8-9-16(10-12)13-6-5-7-14(18-3)15(13)11(2)17/h5-7,11-12,17H,4,8-10H2,1-3H3/t11-,12?/m1/s1. The van der Waals surface area contributed by atoms with E-state index in [-0.39, 0.29) is 0 Å². The maximum atomic E-state index is 9.99. The lowest BCUT2D eigenvalue weighted by molar-refractivity contribution is 0.194. The van der Waals surface area contributed by atoms with Crippen molar-refractivity contribution in [2.24, 2.45) is 5.92 Å². The summed E-state index contributed by atoms with van der Waals surface area (Å²) in [6.45, 7) is 6.21. The summed E-state index contributed by atoms with van der Waals surface area (Å²) in [5, 5.41) is 9.99. The molecule has 0 radical (unpaired) electrons. The first-order valence-corrected chi connectivity index (χ1v) is 6.77. The molecule has 3 nitrogen and oxygen atoms in total. The summed E-state index contributed by atoms with van der Waals surface area (Å²) in [6, 6.07) is 6.00. The second-order valence-electron chi connectivity index (χ2n) is 5.08. The molecule has 2 atom stereocenters. The number of hydrogen-bond donors (Lipinski definition) is 1. The molecule has 1 N–H and O–H groups in total. The molecule has 1 saturated heterocycles. The van der Waals surface area contributed by atoms with E-state index in [4.69, 9.17) is 4.74 Å². The Kier molecular flexibility index (Phi) is 4.12. The molecule has 0 amide bonds. The number of benzene rings is 1. The number of aliphatic hydroxyl groups excluding tert-OH is 1. The van der Waals surface area contributed by atoms with E-state index in [2.05, 4.69) is 17.9 Å². The van der Waals surface area contributed by atoms with Gasteiger partial charge in [-0.25, -0.2) is 0 Å². The zero-order valence-corrected chi connectivity index (χ0v) is 11.5. The Labute approximate surface area is 109 Å². The third-order valence-electron chi connectivity index (χ3n) is 3.88. The highest BCUT2D eigenvalue weighted by molar-refractivity contribution is 5.61. The van der Waals surface area contributed by atoms with E-state index in [1.54, 1.807) is 14.0 Å². The van der Waals surface area contributed by atoms with Gasteiger partial charge in [0.05, 0.1) is 13.2 Å². The Morgan fingerprint density at radius 1 is 1.50 bits per heavy atom. The van der Waals surface area contributed by atoms with Gasteiger partial charge >= 0.3 is 0 Å². The van der Waals surface area contributed by atoms with Crippen LogP contribution in [0.15, 0.2) is 18.2 Å². The molecule has 1 heterocycles. The summed E-state index contributed by atoms with van der Waals surface area (Å²) in [6.07, 6.45) is 1.97. The van der Waals surface area contributed by atoms with Crippen molar-refractivity contribution in [1.29, 1.82) is 0 Å². The molecule has 2 rings (SSSR count). The van der Waals surface area contributed by atoms with Gasteiger partial charge in [0, 0.05) is 24.3 Å². The fourth-order valence-corrected chi connectivity index (χ4v) is 2.79. The van der Waals surface area contributed by atoms with Crippen molar-refractivity contribution < 1.29 is 9.84 Å². The SMILES string of the molecule is CCC1CCN(c2cccc(OC)c2[C@@H](C)O)C1. The number of hydrogen-bond acceptors (Lipinski definition) is 3. The average Bonchev–Trinajstić information content (AvgIpc) is 2.86. The van der Waals surface area contributed by atoms with Crippen LogP contribution in [0.4, 0.5) is 5.69 Å². The van der Waals surface area contributed by atoms with Gasteiger partial charge in [-0.05, 0) is 31.4 Å². The summed E-state index contributed by atoms with van der Waals surface area (Å²) in [4.78, 5) is 2.37. The van der Waals surface area contributed by atoms with Crippen molar-refractivity contribution in [2.75, 3.05) is 25.1 Å². The fraction of sp³-hybridized carbons (Fsp3) is 0.600. The number of anilines is 1. The van der Waals surface area contributed by atoms with Gasteiger partial charge in [-0.15, -0.1) is 0 Å². The first kappa shape index (κ1) is 13.2. The molecule has 1 aliphatic rings. The van der Waals surface area contributed by atoms with Crippen LogP contribution < -0.4 is 9.64 Å². The molecule has 1 aromatic carbocycles. The van der Waals surface area contributed by atoms with E-state index in [1.165, 1.54) is 12.8 Å². The van der Waals surface area contributed by atoms with Gasteiger partial charge < -0.3 is 14.7 Å². The Hall–Kier alpha value is -1.22. The molecule has 1 unspecified atom stereocenters. The summed E-state index contributed by atoms with van der Waals surface area (Å²) in [7, 11) is 1.66. The monoisotopic (exact) mass is 249 g/mol. The van der Waals surface area contributed by atoms with Crippen LogP contribution in [0.5, 0.6) is 5.75 Å². The molecule has 3 heteroatoms. The molecule has 1 fully saturated rings. The zero-order chi connectivity index (χ0) is 13.1. The summed E-state index contributed by atoms with van der Waals surface area (Å²) >= 11 is 0. The van der Waals surface area contributed by atoms with Crippen LogP contribution in [0.2, 0.25) is 0 Å². The van der Waals surface area contributed by atoms with E-state index in [1.807, 2.05) is 12.1 Å². The van der Waals surface area contributed by atoms with Crippen molar-refractivity contribution >= 4 is 5.69 Å².